The average molecular weight is 466 g/mol. The predicted molar refractivity (Wildman–Crippen MR) is 155 cm³/mol. The van der Waals surface area contributed by atoms with Crippen molar-refractivity contribution < 1.29 is 0 Å². The molecule has 0 amide bonds. The molecule has 0 aliphatic carbocycles. The highest BCUT2D eigenvalue weighted by molar-refractivity contribution is 5.91. The minimum atomic E-state index is 1.14. The quantitative estimate of drug-likeness (QED) is 0.226. The Morgan fingerprint density at radius 3 is 1.31 bits per heavy atom. The largest absolute Gasteiger partial charge is 0.311 e. The fourth-order valence-electron chi connectivity index (χ4n) is 4.41. The van der Waals surface area contributed by atoms with Crippen LogP contribution in [0.25, 0.3) is 11.6 Å². The molecule has 0 unspecified atom stereocenters. The molecule has 5 aromatic carbocycles. The molecule has 0 spiro atoms. The van der Waals surface area contributed by atoms with Crippen molar-refractivity contribution in [1.29, 1.82) is 0 Å². The molecule has 0 N–H and O–H groups in total. The molecule has 0 saturated heterocycles. The minimum Gasteiger partial charge on any atom is -0.311 e. The van der Waals surface area contributed by atoms with Gasteiger partial charge < -0.3 is 4.90 Å². The van der Waals surface area contributed by atoms with Crippen LogP contribution in [0, 0.1) is 20.8 Å². The van der Waals surface area contributed by atoms with E-state index in [-0.39, 0.29) is 0 Å². The number of aryl methyl sites for hydroxylation is 3. The van der Waals surface area contributed by atoms with Gasteiger partial charge in [0, 0.05) is 17.1 Å². The number of rotatable bonds is 6. The Balaban J connectivity index is 1.55. The minimum absolute atomic E-state index is 1.14. The molecule has 1 nitrogen and oxygen atoms in total. The number of nitrogens with zero attached hydrogens (tertiary/aromatic N) is 1. The molecule has 0 fully saturated rings. The summed E-state index contributed by atoms with van der Waals surface area (Å²) in [4.78, 5) is 2.31. The van der Waals surface area contributed by atoms with Gasteiger partial charge in [0.25, 0.3) is 0 Å². The molecule has 0 radical (unpaired) electrons. The van der Waals surface area contributed by atoms with Crippen LogP contribution in [0.1, 0.15) is 33.4 Å². The molecule has 1 heteroatoms. The second-order valence-corrected chi connectivity index (χ2v) is 9.39. The van der Waals surface area contributed by atoms with Crippen molar-refractivity contribution in [2.24, 2.45) is 0 Å². The topological polar surface area (TPSA) is 3.24 Å². The SMILES string of the molecule is Cc1ccc(/C(=C\c2ccc(N(c3ccc(C)cc3)c3ccc(C)cc3)cc2)c2ccccc2)cc1. The zero-order valence-corrected chi connectivity index (χ0v) is 21.1. The van der Waals surface area contributed by atoms with Gasteiger partial charge in [-0.05, 0) is 85.5 Å². The lowest BCUT2D eigenvalue weighted by Crippen LogP contribution is -2.09. The molecule has 0 aromatic heterocycles. The molecule has 5 aromatic rings. The molecule has 0 heterocycles. The smallest absolute Gasteiger partial charge is 0.0462 e. The maximum absolute atomic E-state index is 2.31. The van der Waals surface area contributed by atoms with Gasteiger partial charge in [0.1, 0.15) is 0 Å². The van der Waals surface area contributed by atoms with E-state index in [2.05, 4.69) is 159 Å². The van der Waals surface area contributed by atoms with E-state index >= 15 is 0 Å². The summed E-state index contributed by atoms with van der Waals surface area (Å²) >= 11 is 0. The van der Waals surface area contributed by atoms with Crippen molar-refractivity contribution in [3.05, 3.63) is 161 Å². The van der Waals surface area contributed by atoms with Crippen LogP contribution in [0.3, 0.4) is 0 Å². The van der Waals surface area contributed by atoms with Crippen LogP contribution in [-0.2, 0) is 0 Å². The van der Waals surface area contributed by atoms with Crippen LogP contribution < -0.4 is 4.90 Å². The summed E-state index contributed by atoms with van der Waals surface area (Å²) in [5, 5.41) is 0. The van der Waals surface area contributed by atoms with E-state index in [1.807, 2.05) is 0 Å². The Morgan fingerprint density at radius 1 is 0.444 bits per heavy atom. The number of anilines is 3. The van der Waals surface area contributed by atoms with Gasteiger partial charge in [-0.2, -0.15) is 0 Å². The van der Waals surface area contributed by atoms with Gasteiger partial charge in [0.2, 0.25) is 0 Å². The Kier molecular flexibility index (Phi) is 6.82. The third kappa shape index (κ3) is 5.31. The van der Waals surface area contributed by atoms with Crippen molar-refractivity contribution in [1.82, 2.24) is 0 Å². The number of benzene rings is 5. The highest BCUT2D eigenvalue weighted by Crippen LogP contribution is 2.35. The van der Waals surface area contributed by atoms with Crippen LogP contribution in [0.15, 0.2) is 127 Å². The highest BCUT2D eigenvalue weighted by Gasteiger charge is 2.12. The Bertz CT molecular complexity index is 1400. The Morgan fingerprint density at radius 2 is 0.833 bits per heavy atom. The molecule has 0 aliphatic rings. The lowest BCUT2D eigenvalue weighted by molar-refractivity contribution is 1.27. The summed E-state index contributed by atoms with van der Waals surface area (Å²) in [5.41, 5.74) is 12.0. The third-order valence-electron chi connectivity index (χ3n) is 6.49. The third-order valence-corrected chi connectivity index (χ3v) is 6.49. The molecule has 176 valence electrons. The van der Waals surface area contributed by atoms with E-state index in [0.29, 0.717) is 0 Å². The van der Waals surface area contributed by atoms with Crippen molar-refractivity contribution in [2.75, 3.05) is 4.90 Å². The summed E-state index contributed by atoms with van der Waals surface area (Å²) in [7, 11) is 0. The van der Waals surface area contributed by atoms with Gasteiger partial charge in [-0.15, -0.1) is 0 Å². The molecular formula is C35H31N. The van der Waals surface area contributed by atoms with Crippen molar-refractivity contribution in [3.8, 4) is 0 Å². The summed E-state index contributed by atoms with van der Waals surface area (Å²) in [5.74, 6) is 0. The lowest BCUT2D eigenvalue weighted by atomic mass is 9.95. The van der Waals surface area contributed by atoms with Crippen molar-refractivity contribution in [2.45, 2.75) is 20.8 Å². The predicted octanol–water partition coefficient (Wildman–Crippen LogP) is 9.67. The second-order valence-electron chi connectivity index (χ2n) is 9.39. The second kappa shape index (κ2) is 10.5. The van der Waals surface area contributed by atoms with Crippen LogP contribution in [-0.4, -0.2) is 0 Å². The highest BCUT2D eigenvalue weighted by atomic mass is 15.1. The van der Waals surface area contributed by atoms with E-state index in [9.17, 15) is 0 Å². The van der Waals surface area contributed by atoms with Gasteiger partial charge in [0.05, 0.1) is 0 Å². The first-order valence-electron chi connectivity index (χ1n) is 12.4. The fraction of sp³-hybridized carbons (Fsp3) is 0.0857. The first kappa shape index (κ1) is 23.4. The summed E-state index contributed by atoms with van der Waals surface area (Å²) in [6, 6.07) is 45.7. The van der Waals surface area contributed by atoms with E-state index in [1.165, 1.54) is 39.0 Å². The maximum Gasteiger partial charge on any atom is 0.0462 e. The van der Waals surface area contributed by atoms with E-state index in [0.717, 1.165) is 17.1 Å². The first-order valence-corrected chi connectivity index (χ1v) is 12.4. The van der Waals surface area contributed by atoms with Crippen molar-refractivity contribution in [3.63, 3.8) is 0 Å². The van der Waals surface area contributed by atoms with E-state index in [1.54, 1.807) is 0 Å². The average Bonchev–Trinajstić information content (AvgIpc) is 2.91. The molecule has 0 saturated carbocycles. The number of hydrogen-bond donors (Lipinski definition) is 0. The van der Waals surface area contributed by atoms with Crippen LogP contribution in [0.5, 0.6) is 0 Å². The van der Waals surface area contributed by atoms with E-state index < -0.39 is 0 Å². The molecule has 0 bridgehead atoms. The first-order chi connectivity index (χ1) is 17.6. The Hall–Kier alpha value is -4.36. The van der Waals surface area contributed by atoms with Crippen LogP contribution in [0.4, 0.5) is 17.1 Å². The Labute approximate surface area is 215 Å². The molecule has 5 rings (SSSR count). The summed E-state index contributed by atoms with van der Waals surface area (Å²) in [6.07, 6.45) is 2.28. The lowest BCUT2D eigenvalue weighted by Gasteiger charge is -2.26. The standard InChI is InChI=1S/C35H31N/c1-26-9-17-31(18-10-26)35(30-7-5-4-6-8-30)25-29-15-23-34(24-16-29)36(32-19-11-27(2)12-20-32)33-21-13-28(3)14-22-33/h4-25H,1-3H3/b35-25-. The number of hydrogen-bond acceptors (Lipinski definition) is 1. The maximum atomic E-state index is 2.31. The summed E-state index contributed by atoms with van der Waals surface area (Å²) < 4.78 is 0. The van der Waals surface area contributed by atoms with E-state index in [4.69, 9.17) is 0 Å². The monoisotopic (exact) mass is 465 g/mol. The summed E-state index contributed by atoms with van der Waals surface area (Å²) in [6.45, 7) is 6.38. The van der Waals surface area contributed by atoms with Gasteiger partial charge in [0.15, 0.2) is 0 Å². The van der Waals surface area contributed by atoms with Crippen LogP contribution >= 0.6 is 0 Å². The van der Waals surface area contributed by atoms with Gasteiger partial charge in [-0.3, -0.25) is 0 Å². The van der Waals surface area contributed by atoms with Gasteiger partial charge >= 0.3 is 0 Å². The zero-order chi connectivity index (χ0) is 24.9. The normalized spacial score (nSPS) is 11.4. The van der Waals surface area contributed by atoms with Crippen molar-refractivity contribution >= 4 is 28.7 Å². The van der Waals surface area contributed by atoms with Gasteiger partial charge in [-0.25, -0.2) is 0 Å². The molecular weight excluding hydrogens is 434 g/mol. The van der Waals surface area contributed by atoms with Gasteiger partial charge in [-0.1, -0.05) is 108 Å². The fourth-order valence-corrected chi connectivity index (χ4v) is 4.41. The molecule has 0 aliphatic heterocycles. The molecule has 36 heavy (non-hydrogen) atoms. The van der Waals surface area contributed by atoms with Crippen LogP contribution in [0.2, 0.25) is 0 Å². The zero-order valence-electron chi connectivity index (χ0n) is 21.1. The molecule has 0 atom stereocenters.